The molecule has 0 unspecified atom stereocenters. The lowest BCUT2D eigenvalue weighted by Gasteiger charge is -2.42. The summed E-state index contributed by atoms with van der Waals surface area (Å²) in [6.45, 7) is 4.14. The molecule has 1 saturated heterocycles. The normalized spacial score (nSPS) is 17.9. The Morgan fingerprint density at radius 2 is 2.19 bits per heavy atom. The molecule has 1 heterocycles. The molecule has 16 heavy (non-hydrogen) atoms. The van der Waals surface area contributed by atoms with Crippen LogP contribution in [-0.2, 0) is 6.42 Å². The lowest BCUT2D eigenvalue weighted by Crippen LogP contribution is -2.54. The van der Waals surface area contributed by atoms with Gasteiger partial charge in [0.05, 0.1) is 7.11 Å². The molecule has 0 bridgehead atoms. The van der Waals surface area contributed by atoms with Gasteiger partial charge in [-0.2, -0.15) is 0 Å². The summed E-state index contributed by atoms with van der Waals surface area (Å²) in [5.74, 6) is 0.140. The van der Waals surface area contributed by atoms with Crippen LogP contribution in [0, 0.1) is 11.2 Å². The van der Waals surface area contributed by atoms with Gasteiger partial charge in [-0.1, -0.05) is 19.1 Å². The van der Waals surface area contributed by atoms with Gasteiger partial charge in [-0.05, 0) is 29.9 Å². The maximum Gasteiger partial charge on any atom is 0.168 e. The van der Waals surface area contributed by atoms with Crippen LogP contribution in [0.1, 0.15) is 18.9 Å². The van der Waals surface area contributed by atoms with Gasteiger partial charge in [0.25, 0.3) is 0 Å². The van der Waals surface area contributed by atoms with Gasteiger partial charge in [0.2, 0.25) is 0 Å². The standard InChI is InChI=1S/C13H18FNO/c1-3-13(8-15-9-13)7-10-5-4-6-11(16-2)12(10)14/h4-6,15H,3,7-9H2,1-2H3. The summed E-state index contributed by atoms with van der Waals surface area (Å²) in [6.07, 6.45) is 1.87. The molecule has 1 aromatic carbocycles. The van der Waals surface area contributed by atoms with Crippen LogP contribution in [0.3, 0.4) is 0 Å². The Morgan fingerprint density at radius 3 is 2.69 bits per heavy atom. The Hall–Kier alpha value is -1.09. The van der Waals surface area contributed by atoms with Crippen LogP contribution in [0.5, 0.6) is 5.75 Å². The Labute approximate surface area is 95.8 Å². The first-order valence-electron chi connectivity index (χ1n) is 5.73. The van der Waals surface area contributed by atoms with Gasteiger partial charge >= 0.3 is 0 Å². The molecule has 0 saturated carbocycles. The largest absolute Gasteiger partial charge is 0.494 e. The van der Waals surface area contributed by atoms with Gasteiger partial charge in [0.1, 0.15) is 0 Å². The third-order valence-corrected chi connectivity index (χ3v) is 3.58. The van der Waals surface area contributed by atoms with Crippen molar-refractivity contribution in [1.82, 2.24) is 5.32 Å². The SMILES string of the molecule is CCC1(Cc2cccc(OC)c2F)CNC1. The van der Waals surface area contributed by atoms with Crippen molar-refractivity contribution in [1.29, 1.82) is 0 Å². The molecular formula is C13H18FNO. The summed E-state index contributed by atoms with van der Waals surface area (Å²) in [6, 6.07) is 5.37. The molecule has 0 atom stereocenters. The number of ether oxygens (including phenoxy) is 1. The summed E-state index contributed by atoms with van der Waals surface area (Å²) in [5, 5.41) is 3.27. The van der Waals surface area contributed by atoms with Gasteiger partial charge in [-0.3, -0.25) is 0 Å². The Balaban J connectivity index is 2.21. The van der Waals surface area contributed by atoms with Gasteiger partial charge < -0.3 is 10.1 Å². The molecular weight excluding hydrogens is 205 g/mol. The van der Waals surface area contributed by atoms with E-state index in [1.807, 2.05) is 12.1 Å². The third kappa shape index (κ3) is 1.92. The second kappa shape index (κ2) is 4.42. The molecule has 1 aliphatic heterocycles. The van der Waals surface area contributed by atoms with E-state index in [2.05, 4.69) is 12.2 Å². The summed E-state index contributed by atoms with van der Waals surface area (Å²) in [5.41, 5.74) is 1.01. The van der Waals surface area contributed by atoms with Gasteiger partial charge in [0.15, 0.2) is 11.6 Å². The maximum absolute atomic E-state index is 14.0. The van der Waals surface area contributed by atoms with Crippen molar-refractivity contribution in [2.45, 2.75) is 19.8 Å². The van der Waals surface area contributed by atoms with E-state index in [0.29, 0.717) is 5.75 Å². The highest BCUT2D eigenvalue weighted by atomic mass is 19.1. The molecule has 3 heteroatoms. The average molecular weight is 223 g/mol. The number of methoxy groups -OCH3 is 1. The number of hydrogen-bond acceptors (Lipinski definition) is 2. The highest BCUT2D eigenvalue weighted by molar-refractivity contribution is 5.32. The number of hydrogen-bond donors (Lipinski definition) is 1. The van der Waals surface area contributed by atoms with Crippen molar-refractivity contribution in [2.75, 3.05) is 20.2 Å². The first kappa shape index (κ1) is 11.4. The average Bonchev–Trinajstić information content (AvgIpc) is 2.25. The van der Waals surface area contributed by atoms with Crippen LogP contribution in [0.4, 0.5) is 4.39 Å². The molecule has 0 spiro atoms. The molecule has 0 aliphatic carbocycles. The molecule has 2 nitrogen and oxygen atoms in total. The quantitative estimate of drug-likeness (QED) is 0.846. The van der Waals surface area contributed by atoms with Crippen LogP contribution in [0.25, 0.3) is 0 Å². The molecule has 0 aromatic heterocycles. The Kier molecular flexibility index (Phi) is 3.15. The molecule has 88 valence electrons. The van der Waals surface area contributed by atoms with Crippen molar-refractivity contribution >= 4 is 0 Å². The maximum atomic E-state index is 14.0. The molecule has 0 radical (unpaired) electrons. The van der Waals surface area contributed by atoms with Crippen molar-refractivity contribution in [3.8, 4) is 5.75 Å². The monoisotopic (exact) mass is 223 g/mol. The zero-order chi connectivity index (χ0) is 11.6. The van der Waals surface area contributed by atoms with E-state index in [1.165, 1.54) is 7.11 Å². The second-order valence-electron chi connectivity index (χ2n) is 4.57. The lowest BCUT2D eigenvalue weighted by molar-refractivity contribution is 0.158. The molecule has 1 fully saturated rings. The predicted octanol–water partition coefficient (Wildman–Crippen LogP) is 2.38. The molecule has 2 rings (SSSR count). The van der Waals surface area contributed by atoms with E-state index in [0.717, 1.165) is 31.5 Å². The van der Waals surface area contributed by atoms with Crippen molar-refractivity contribution < 1.29 is 9.13 Å². The number of nitrogens with one attached hydrogen (secondary N) is 1. The zero-order valence-corrected chi connectivity index (χ0v) is 9.85. The smallest absolute Gasteiger partial charge is 0.168 e. The summed E-state index contributed by atoms with van der Waals surface area (Å²) in [4.78, 5) is 0. The van der Waals surface area contributed by atoms with Crippen molar-refractivity contribution in [3.63, 3.8) is 0 Å². The topological polar surface area (TPSA) is 21.3 Å². The summed E-state index contributed by atoms with van der Waals surface area (Å²) >= 11 is 0. The summed E-state index contributed by atoms with van der Waals surface area (Å²) < 4.78 is 18.9. The van der Waals surface area contributed by atoms with E-state index < -0.39 is 0 Å². The Morgan fingerprint density at radius 1 is 1.44 bits per heavy atom. The van der Waals surface area contributed by atoms with Crippen LogP contribution < -0.4 is 10.1 Å². The fourth-order valence-corrected chi connectivity index (χ4v) is 2.23. The van der Waals surface area contributed by atoms with E-state index in [-0.39, 0.29) is 11.2 Å². The molecule has 1 aromatic rings. The van der Waals surface area contributed by atoms with E-state index in [9.17, 15) is 4.39 Å². The first-order chi connectivity index (χ1) is 7.71. The fraction of sp³-hybridized carbons (Fsp3) is 0.538. The van der Waals surface area contributed by atoms with Crippen LogP contribution in [-0.4, -0.2) is 20.2 Å². The lowest BCUT2D eigenvalue weighted by atomic mass is 9.74. The highest BCUT2D eigenvalue weighted by Gasteiger charge is 2.35. The van der Waals surface area contributed by atoms with Crippen molar-refractivity contribution in [2.24, 2.45) is 5.41 Å². The minimum absolute atomic E-state index is 0.204. The van der Waals surface area contributed by atoms with Gasteiger partial charge in [-0.15, -0.1) is 0 Å². The Bertz CT molecular complexity index is 369. The van der Waals surface area contributed by atoms with Crippen LogP contribution >= 0.6 is 0 Å². The first-order valence-corrected chi connectivity index (χ1v) is 5.73. The minimum atomic E-state index is -0.204. The zero-order valence-electron chi connectivity index (χ0n) is 9.85. The highest BCUT2D eigenvalue weighted by Crippen LogP contribution is 2.33. The molecule has 1 N–H and O–H groups in total. The number of benzene rings is 1. The summed E-state index contributed by atoms with van der Waals surface area (Å²) in [7, 11) is 1.50. The third-order valence-electron chi connectivity index (χ3n) is 3.58. The predicted molar refractivity (Wildman–Crippen MR) is 62.2 cm³/mol. The molecule has 1 aliphatic rings. The second-order valence-corrected chi connectivity index (χ2v) is 4.57. The van der Waals surface area contributed by atoms with Crippen molar-refractivity contribution in [3.05, 3.63) is 29.6 Å². The fourth-order valence-electron chi connectivity index (χ4n) is 2.23. The van der Waals surface area contributed by atoms with Crippen LogP contribution in [0.15, 0.2) is 18.2 Å². The van der Waals surface area contributed by atoms with E-state index >= 15 is 0 Å². The van der Waals surface area contributed by atoms with E-state index in [1.54, 1.807) is 6.07 Å². The number of halogens is 1. The van der Waals surface area contributed by atoms with Gasteiger partial charge in [-0.25, -0.2) is 4.39 Å². The number of rotatable bonds is 4. The van der Waals surface area contributed by atoms with Gasteiger partial charge in [0, 0.05) is 13.1 Å². The van der Waals surface area contributed by atoms with Crippen LogP contribution in [0.2, 0.25) is 0 Å². The molecule has 0 amide bonds. The minimum Gasteiger partial charge on any atom is -0.494 e. The van der Waals surface area contributed by atoms with E-state index in [4.69, 9.17) is 4.74 Å².